The summed E-state index contributed by atoms with van der Waals surface area (Å²) in [6, 6.07) is 9.84. The quantitative estimate of drug-likeness (QED) is 0.932. The molecular formula is C15H16N2O4S. The lowest BCUT2D eigenvalue weighted by Gasteiger charge is -2.17. The Kier molecular flexibility index (Phi) is 4.18. The molecule has 1 heterocycles. The van der Waals surface area contributed by atoms with Crippen molar-refractivity contribution in [2.45, 2.75) is 6.92 Å². The lowest BCUT2D eigenvalue weighted by Crippen LogP contribution is -2.25. The first kappa shape index (κ1) is 16.0. The molecule has 0 amide bonds. The van der Waals surface area contributed by atoms with Gasteiger partial charge >= 0.3 is 5.97 Å². The molecule has 0 saturated heterocycles. The lowest BCUT2D eigenvalue weighted by molar-refractivity contribution is 0.0697. The Morgan fingerprint density at radius 2 is 1.73 bits per heavy atom. The first-order valence-corrected chi connectivity index (χ1v) is 8.30. The van der Waals surface area contributed by atoms with Crippen LogP contribution in [0, 0.1) is 6.92 Å². The number of benzene rings is 1. The summed E-state index contributed by atoms with van der Waals surface area (Å²) in [6.07, 6.45) is 1.11. The monoisotopic (exact) mass is 320 g/mol. The largest absolute Gasteiger partial charge is 0.478 e. The van der Waals surface area contributed by atoms with Crippen LogP contribution in [0.1, 0.15) is 16.1 Å². The van der Waals surface area contributed by atoms with E-state index in [0.29, 0.717) is 11.5 Å². The Labute approximate surface area is 129 Å². The highest BCUT2D eigenvalue weighted by molar-refractivity contribution is 7.92. The fraction of sp³-hybridized carbons (Fsp3) is 0.200. The molecule has 1 aromatic heterocycles. The van der Waals surface area contributed by atoms with Crippen LogP contribution < -0.4 is 4.31 Å². The number of pyridine rings is 1. The van der Waals surface area contributed by atoms with Gasteiger partial charge < -0.3 is 5.11 Å². The Balaban J connectivity index is 2.40. The van der Waals surface area contributed by atoms with Crippen LogP contribution in [0.5, 0.6) is 0 Å². The van der Waals surface area contributed by atoms with Gasteiger partial charge in [0.15, 0.2) is 0 Å². The minimum absolute atomic E-state index is 0.211. The molecule has 0 spiro atoms. The number of hydrogen-bond acceptors (Lipinski definition) is 4. The van der Waals surface area contributed by atoms with Crippen molar-refractivity contribution in [3.05, 3.63) is 47.7 Å². The second kappa shape index (κ2) is 5.76. The summed E-state index contributed by atoms with van der Waals surface area (Å²) >= 11 is 0. The number of anilines is 1. The highest BCUT2D eigenvalue weighted by atomic mass is 32.2. The number of nitrogens with zero attached hydrogens (tertiary/aromatic N) is 2. The van der Waals surface area contributed by atoms with Crippen LogP contribution >= 0.6 is 0 Å². The van der Waals surface area contributed by atoms with E-state index in [1.165, 1.54) is 19.2 Å². The molecule has 116 valence electrons. The van der Waals surface area contributed by atoms with E-state index in [4.69, 9.17) is 5.11 Å². The molecule has 0 saturated carbocycles. The molecule has 0 radical (unpaired) electrons. The summed E-state index contributed by atoms with van der Waals surface area (Å²) in [7, 11) is -1.92. The summed E-state index contributed by atoms with van der Waals surface area (Å²) in [5, 5.41) is 8.90. The summed E-state index contributed by atoms with van der Waals surface area (Å²) in [5.41, 5.74) is 2.52. The van der Waals surface area contributed by atoms with Crippen LogP contribution in [-0.2, 0) is 10.0 Å². The summed E-state index contributed by atoms with van der Waals surface area (Å²) in [5.74, 6) is -0.641. The maximum Gasteiger partial charge on any atom is 0.335 e. The first-order valence-electron chi connectivity index (χ1n) is 6.45. The highest BCUT2D eigenvalue weighted by Crippen LogP contribution is 2.25. The number of aryl methyl sites for hydroxylation is 1. The molecule has 1 N–H and O–H groups in total. The van der Waals surface area contributed by atoms with Crippen molar-refractivity contribution in [2.24, 2.45) is 0 Å². The second-order valence-corrected chi connectivity index (χ2v) is 6.93. The third-order valence-electron chi connectivity index (χ3n) is 3.33. The van der Waals surface area contributed by atoms with E-state index in [-0.39, 0.29) is 5.56 Å². The molecule has 2 rings (SSSR count). The number of sulfonamides is 1. The molecule has 22 heavy (non-hydrogen) atoms. The number of carboxylic acids is 1. The van der Waals surface area contributed by atoms with Crippen molar-refractivity contribution in [3.63, 3.8) is 0 Å². The molecule has 7 heteroatoms. The average molecular weight is 320 g/mol. The second-order valence-electron chi connectivity index (χ2n) is 4.92. The maximum atomic E-state index is 11.5. The van der Waals surface area contributed by atoms with Crippen molar-refractivity contribution in [1.29, 1.82) is 0 Å². The maximum absolute atomic E-state index is 11.5. The third kappa shape index (κ3) is 3.25. The van der Waals surface area contributed by atoms with Crippen LogP contribution in [0.4, 0.5) is 5.82 Å². The van der Waals surface area contributed by atoms with Crippen LogP contribution in [0.2, 0.25) is 0 Å². The Hall–Kier alpha value is -2.41. The van der Waals surface area contributed by atoms with Gasteiger partial charge in [0.1, 0.15) is 5.82 Å². The van der Waals surface area contributed by atoms with Crippen LogP contribution in [-0.4, -0.2) is 37.8 Å². The van der Waals surface area contributed by atoms with E-state index in [0.717, 1.165) is 21.7 Å². The van der Waals surface area contributed by atoms with E-state index in [9.17, 15) is 13.2 Å². The van der Waals surface area contributed by atoms with Crippen molar-refractivity contribution >= 4 is 21.8 Å². The van der Waals surface area contributed by atoms with Gasteiger partial charge in [-0.05, 0) is 36.8 Å². The molecule has 0 aliphatic heterocycles. The molecule has 0 aliphatic carbocycles. The van der Waals surface area contributed by atoms with Gasteiger partial charge in [-0.3, -0.25) is 4.31 Å². The minimum atomic E-state index is -3.36. The summed E-state index contributed by atoms with van der Waals surface area (Å²) < 4.78 is 24.2. The lowest BCUT2D eigenvalue weighted by atomic mass is 10.0. The van der Waals surface area contributed by atoms with Gasteiger partial charge in [-0.2, -0.15) is 0 Å². The topological polar surface area (TPSA) is 87.6 Å². The summed E-state index contributed by atoms with van der Waals surface area (Å²) in [4.78, 5) is 15.2. The number of carbonyl (C=O) groups is 1. The van der Waals surface area contributed by atoms with Gasteiger partial charge in [-0.1, -0.05) is 12.1 Å². The number of hydrogen-bond donors (Lipinski definition) is 1. The number of rotatable bonds is 4. The third-order valence-corrected chi connectivity index (χ3v) is 4.52. The number of aromatic nitrogens is 1. The summed E-state index contributed by atoms with van der Waals surface area (Å²) in [6.45, 7) is 1.78. The van der Waals surface area contributed by atoms with Crippen LogP contribution in [0.3, 0.4) is 0 Å². The minimum Gasteiger partial charge on any atom is -0.478 e. The molecule has 2 aromatic rings. The fourth-order valence-electron chi connectivity index (χ4n) is 1.99. The number of carboxylic acid groups (broad SMARTS) is 1. The van der Waals surface area contributed by atoms with Gasteiger partial charge in [0, 0.05) is 18.3 Å². The molecule has 0 bridgehead atoms. The van der Waals surface area contributed by atoms with Crippen LogP contribution in [0.15, 0.2) is 36.4 Å². The van der Waals surface area contributed by atoms with Gasteiger partial charge in [-0.25, -0.2) is 18.2 Å². The number of aromatic carboxylic acids is 1. The zero-order chi connectivity index (χ0) is 16.5. The highest BCUT2D eigenvalue weighted by Gasteiger charge is 2.14. The molecule has 0 unspecified atom stereocenters. The van der Waals surface area contributed by atoms with Crippen molar-refractivity contribution < 1.29 is 18.3 Å². The Morgan fingerprint density at radius 1 is 1.14 bits per heavy atom. The zero-order valence-corrected chi connectivity index (χ0v) is 13.3. The van der Waals surface area contributed by atoms with Crippen molar-refractivity contribution in [2.75, 3.05) is 17.6 Å². The standard InChI is InChI=1S/C15H16N2O4S/c1-10-13(11-4-6-12(7-5-11)15(18)19)8-9-14(16-10)17(2)22(3,20)21/h4-9H,1-3H3,(H,18,19). The van der Waals surface area contributed by atoms with Gasteiger partial charge in [0.05, 0.1) is 11.8 Å². The van der Waals surface area contributed by atoms with E-state index in [1.807, 2.05) is 0 Å². The van der Waals surface area contributed by atoms with E-state index >= 15 is 0 Å². The Morgan fingerprint density at radius 3 is 2.18 bits per heavy atom. The average Bonchev–Trinajstić information content (AvgIpc) is 2.45. The SMILES string of the molecule is Cc1nc(N(C)S(C)(=O)=O)ccc1-c1ccc(C(=O)O)cc1. The predicted molar refractivity (Wildman–Crippen MR) is 84.6 cm³/mol. The Bertz CT molecular complexity index is 814. The normalized spacial score (nSPS) is 11.2. The van der Waals surface area contributed by atoms with Crippen molar-refractivity contribution in [1.82, 2.24) is 4.98 Å². The van der Waals surface area contributed by atoms with Gasteiger partial charge in [0.2, 0.25) is 10.0 Å². The molecule has 0 fully saturated rings. The van der Waals surface area contributed by atoms with Crippen LogP contribution in [0.25, 0.3) is 11.1 Å². The van der Waals surface area contributed by atoms with Gasteiger partial charge in [0.25, 0.3) is 0 Å². The van der Waals surface area contributed by atoms with E-state index in [1.54, 1.807) is 31.2 Å². The zero-order valence-electron chi connectivity index (χ0n) is 12.4. The molecule has 1 aromatic carbocycles. The molecule has 0 atom stereocenters. The molecule has 0 aliphatic rings. The van der Waals surface area contributed by atoms with E-state index in [2.05, 4.69) is 4.98 Å². The molecular weight excluding hydrogens is 304 g/mol. The van der Waals surface area contributed by atoms with Crippen molar-refractivity contribution in [3.8, 4) is 11.1 Å². The smallest absolute Gasteiger partial charge is 0.335 e. The first-order chi connectivity index (χ1) is 10.2. The molecule has 6 nitrogen and oxygen atoms in total. The predicted octanol–water partition coefficient (Wildman–Crippen LogP) is 2.15. The van der Waals surface area contributed by atoms with E-state index < -0.39 is 16.0 Å². The van der Waals surface area contributed by atoms with Gasteiger partial charge in [-0.15, -0.1) is 0 Å². The fourth-order valence-corrected chi connectivity index (χ4v) is 2.43.